The number of thiazole rings is 1. The van der Waals surface area contributed by atoms with E-state index in [1.54, 1.807) is 17.0 Å². The van der Waals surface area contributed by atoms with Gasteiger partial charge < -0.3 is 14.2 Å². The summed E-state index contributed by atoms with van der Waals surface area (Å²) in [6, 6.07) is 12.3. The molecule has 3 aromatic rings. The molecule has 1 aliphatic heterocycles. The van der Waals surface area contributed by atoms with Crippen LogP contribution >= 0.6 is 11.3 Å². The van der Waals surface area contributed by atoms with Crippen LogP contribution in [-0.2, 0) is 30.7 Å². The maximum atomic E-state index is 13.9. The zero-order valence-electron chi connectivity index (χ0n) is 24.1. The van der Waals surface area contributed by atoms with E-state index in [1.807, 2.05) is 12.1 Å². The first-order valence-electron chi connectivity index (χ1n) is 14.0. The third kappa shape index (κ3) is 7.89. The third-order valence-corrected chi connectivity index (χ3v) is 10.1. The van der Waals surface area contributed by atoms with Gasteiger partial charge in [-0.1, -0.05) is 30.4 Å². The van der Waals surface area contributed by atoms with Crippen LogP contribution in [0.1, 0.15) is 29.3 Å². The Kier molecular flexibility index (Phi) is 11.6. The van der Waals surface area contributed by atoms with Gasteiger partial charge in [0.1, 0.15) is 0 Å². The van der Waals surface area contributed by atoms with Crippen molar-refractivity contribution in [3.8, 4) is 0 Å². The summed E-state index contributed by atoms with van der Waals surface area (Å²) in [7, 11) is -0.729. The van der Waals surface area contributed by atoms with Crippen LogP contribution in [0.5, 0.6) is 0 Å². The summed E-state index contributed by atoms with van der Waals surface area (Å²) in [5.41, 5.74) is 2.48. The number of carbonyl (C=O) groups excluding carboxylic acids is 1. The van der Waals surface area contributed by atoms with Gasteiger partial charge in [0.25, 0.3) is 5.91 Å². The molecule has 0 unspecified atom stereocenters. The number of rotatable bonds is 15. The van der Waals surface area contributed by atoms with E-state index in [4.69, 9.17) is 19.2 Å². The number of sulfonamides is 1. The minimum atomic E-state index is -3.79. The van der Waals surface area contributed by atoms with Gasteiger partial charge in [-0.15, -0.1) is 0 Å². The van der Waals surface area contributed by atoms with Crippen molar-refractivity contribution in [2.75, 3.05) is 84.8 Å². The van der Waals surface area contributed by atoms with E-state index in [1.165, 1.54) is 42.0 Å². The van der Waals surface area contributed by atoms with Crippen molar-refractivity contribution in [2.45, 2.75) is 24.7 Å². The maximum Gasteiger partial charge on any atom is 0.260 e. The summed E-state index contributed by atoms with van der Waals surface area (Å²) in [6.07, 6.45) is 1.63. The Bertz CT molecular complexity index is 1370. The Labute approximate surface area is 246 Å². The molecule has 1 saturated heterocycles. The fourth-order valence-electron chi connectivity index (χ4n) is 4.77. The molecule has 1 aliphatic rings. The molecule has 1 fully saturated rings. The van der Waals surface area contributed by atoms with Gasteiger partial charge in [0.15, 0.2) is 5.13 Å². The van der Waals surface area contributed by atoms with Crippen LogP contribution in [0.25, 0.3) is 10.2 Å². The normalized spacial score (nSPS) is 14.6. The molecule has 0 N–H and O–H groups in total. The molecule has 1 amide bonds. The largest absolute Gasteiger partial charge is 0.383 e. The Morgan fingerprint density at radius 2 is 1.71 bits per heavy atom. The van der Waals surface area contributed by atoms with E-state index >= 15 is 0 Å². The highest BCUT2D eigenvalue weighted by Crippen LogP contribution is 2.32. The van der Waals surface area contributed by atoms with E-state index in [9.17, 15) is 13.2 Å². The van der Waals surface area contributed by atoms with Gasteiger partial charge in [-0.2, -0.15) is 4.31 Å². The van der Waals surface area contributed by atoms with E-state index in [0.29, 0.717) is 17.2 Å². The lowest BCUT2D eigenvalue weighted by Gasteiger charge is -2.27. The van der Waals surface area contributed by atoms with Crippen LogP contribution < -0.4 is 4.90 Å². The van der Waals surface area contributed by atoms with Crippen molar-refractivity contribution in [3.05, 3.63) is 53.6 Å². The number of carbonyl (C=O) groups is 1. The SMILES string of the molecule is CCc1cccc2sc(N(CCCN3CCOCC3)C(=O)c3ccc(S(=O)(=O)N(CCOC)CCOC)cc3)nc12. The molecule has 41 heavy (non-hydrogen) atoms. The number of fused-ring (bicyclic) bond motifs is 1. The smallest absolute Gasteiger partial charge is 0.260 e. The van der Waals surface area contributed by atoms with Crippen molar-refractivity contribution in [1.82, 2.24) is 14.2 Å². The van der Waals surface area contributed by atoms with Crippen LogP contribution in [0.15, 0.2) is 47.4 Å². The predicted molar refractivity (Wildman–Crippen MR) is 162 cm³/mol. The number of morpholine rings is 1. The number of aryl methyl sites for hydroxylation is 1. The van der Waals surface area contributed by atoms with Crippen LogP contribution in [0, 0.1) is 0 Å². The Morgan fingerprint density at radius 3 is 2.34 bits per heavy atom. The topological polar surface area (TPSA) is 102 Å². The number of benzene rings is 2. The number of nitrogens with zero attached hydrogens (tertiary/aromatic N) is 4. The first kappa shape index (κ1) is 31.5. The number of para-hydroxylation sites is 1. The second-order valence-electron chi connectivity index (χ2n) is 9.79. The Morgan fingerprint density at radius 1 is 1.02 bits per heavy atom. The lowest BCUT2D eigenvalue weighted by Crippen LogP contribution is -2.39. The summed E-state index contributed by atoms with van der Waals surface area (Å²) >= 11 is 1.50. The van der Waals surface area contributed by atoms with Crippen molar-refractivity contribution in [2.24, 2.45) is 0 Å². The molecule has 0 aliphatic carbocycles. The minimum absolute atomic E-state index is 0.118. The van der Waals surface area contributed by atoms with Crippen molar-refractivity contribution in [1.29, 1.82) is 0 Å². The van der Waals surface area contributed by atoms with E-state index in [2.05, 4.69) is 17.9 Å². The Balaban J connectivity index is 1.58. The fourth-order valence-corrected chi connectivity index (χ4v) is 7.21. The number of hydrogen-bond acceptors (Lipinski definition) is 9. The van der Waals surface area contributed by atoms with Gasteiger partial charge in [0, 0.05) is 59.1 Å². The predicted octanol–water partition coefficient (Wildman–Crippen LogP) is 3.51. The summed E-state index contributed by atoms with van der Waals surface area (Å²) in [6.45, 7) is 7.62. The van der Waals surface area contributed by atoms with Crippen molar-refractivity contribution in [3.63, 3.8) is 0 Å². The number of methoxy groups -OCH3 is 2. The molecular weight excluding hydrogens is 564 g/mol. The fraction of sp³-hybridized carbons (Fsp3) is 0.517. The average molecular weight is 605 g/mol. The zero-order chi connectivity index (χ0) is 29.2. The first-order chi connectivity index (χ1) is 19.9. The molecule has 0 spiro atoms. The molecule has 4 rings (SSSR count). The van der Waals surface area contributed by atoms with E-state index < -0.39 is 10.0 Å². The van der Waals surface area contributed by atoms with Gasteiger partial charge >= 0.3 is 0 Å². The maximum absolute atomic E-state index is 13.9. The van der Waals surface area contributed by atoms with Gasteiger partial charge in [0.2, 0.25) is 10.0 Å². The first-order valence-corrected chi connectivity index (χ1v) is 16.2. The number of aromatic nitrogens is 1. The van der Waals surface area contributed by atoms with Gasteiger partial charge in [0.05, 0.1) is 41.5 Å². The summed E-state index contributed by atoms with van der Waals surface area (Å²) in [5.74, 6) is -0.205. The lowest BCUT2D eigenvalue weighted by molar-refractivity contribution is 0.0376. The highest BCUT2D eigenvalue weighted by atomic mass is 32.2. The molecule has 12 heteroatoms. The van der Waals surface area contributed by atoms with Crippen molar-refractivity contribution < 1.29 is 27.4 Å². The summed E-state index contributed by atoms with van der Waals surface area (Å²) < 4.78 is 44.7. The monoisotopic (exact) mass is 604 g/mol. The van der Waals surface area contributed by atoms with Crippen molar-refractivity contribution >= 4 is 42.6 Å². The van der Waals surface area contributed by atoms with Crippen LogP contribution in [0.2, 0.25) is 0 Å². The van der Waals surface area contributed by atoms with Gasteiger partial charge in [-0.25, -0.2) is 13.4 Å². The number of ether oxygens (including phenoxy) is 3. The molecule has 224 valence electrons. The van der Waals surface area contributed by atoms with Crippen LogP contribution in [0.4, 0.5) is 5.13 Å². The number of anilines is 1. The second kappa shape index (κ2) is 15.1. The molecule has 0 atom stereocenters. The average Bonchev–Trinajstić information content (AvgIpc) is 3.44. The number of amides is 1. The van der Waals surface area contributed by atoms with E-state index in [0.717, 1.165) is 61.5 Å². The third-order valence-electron chi connectivity index (χ3n) is 7.14. The zero-order valence-corrected chi connectivity index (χ0v) is 25.7. The van der Waals surface area contributed by atoms with Gasteiger partial charge in [-0.3, -0.25) is 14.6 Å². The lowest BCUT2D eigenvalue weighted by atomic mass is 10.1. The molecule has 0 radical (unpaired) electrons. The summed E-state index contributed by atoms with van der Waals surface area (Å²) in [5, 5.41) is 0.648. The van der Waals surface area contributed by atoms with Crippen LogP contribution in [0.3, 0.4) is 0 Å². The van der Waals surface area contributed by atoms with E-state index in [-0.39, 0.29) is 37.1 Å². The molecule has 0 bridgehead atoms. The quantitative estimate of drug-likeness (QED) is 0.260. The standard InChI is InChI=1S/C29H40N4O6S2/c1-4-23-7-5-8-26-27(23)30-29(40-26)33(14-6-13-31-15-21-39-22-16-31)28(34)24-9-11-25(12-10-24)41(35,36)32(17-19-37-2)18-20-38-3/h5,7-12H,4,6,13-22H2,1-3H3. The Hall–Kier alpha value is -2.45. The highest BCUT2D eigenvalue weighted by molar-refractivity contribution is 7.89. The van der Waals surface area contributed by atoms with Crippen LogP contribution in [-0.4, -0.2) is 108 Å². The molecular formula is C29H40N4O6S2. The summed E-state index contributed by atoms with van der Waals surface area (Å²) in [4.78, 5) is 23.0. The molecule has 0 saturated carbocycles. The molecule has 2 heterocycles. The molecule has 10 nitrogen and oxygen atoms in total. The number of hydrogen-bond donors (Lipinski definition) is 0. The molecule has 1 aromatic heterocycles. The minimum Gasteiger partial charge on any atom is -0.383 e. The van der Waals surface area contributed by atoms with Gasteiger partial charge in [-0.05, 0) is 48.7 Å². The highest BCUT2D eigenvalue weighted by Gasteiger charge is 2.26. The second-order valence-corrected chi connectivity index (χ2v) is 12.7. The molecule has 2 aromatic carbocycles.